The topological polar surface area (TPSA) is 52.6 Å². The molecule has 0 aromatic heterocycles. The molecule has 0 spiro atoms. The van der Waals surface area contributed by atoms with E-state index in [4.69, 9.17) is 0 Å². The first-order valence-corrected chi connectivity index (χ1v) is 6.62. The summed E-state index contributed by atoms with van der Waals surface area (Å²) in [6, 6.07) is 2.51. The van der Waals surface area contributed by atoms with Crippen LogP contribution >= 0.6 is 0 Å². The van der Waals surface area contributed by atoms with Gasteiger partial charge in [0.1, 0.15) is 11.6 Å². The Morgan fingerprint density at radius 1 is 1.45 bits per heavy atom. The van der Waals surface area contributed by atoms with Crippen LogP contribution in [-0.4, -0.2) is 35.7 Å². The Labute approximate surface area is 116 Å². The number of carbonyl (C=O) groups is 1. The van der Waals surface area contributed by atoms with Crippen LogP contribution in [0.25, 0.3) is 0 Å². The summed E-state index contributed by atoms with van der Waals surface area (Å²) in [7, 11) is 1.59. The molecule has 0 radical (unpaired) electrons. The molecular weight excluding hydrogens is 266 g/mol. The van der Waals surface area contributed by atoms with Crippen LogP contribution in [-0.2, 0) is 0 Å². The first-order chi connectivity index (χ1) is 9.47. The Balaban J connectivity index is 1.93. The molecule has 2 rings (SSSR count). The van der Waals surface area contributed by atoms with Gasteiger partial charge in [-0.25, -0.2) is 13.6 Å². The van der Waals surface area contributed by atoms with Gasteiger partial charge in [-0.2, -0.15) is 0 Å². The van der Waals surface area contributed by atoms with Crippen molar-refractivity contribution in [3.05, 3.63) is 29.8 Å². The van der Waals surface area contributed by atoms with Gasteiger partial charge in [0.05, 0.1) is 11.8 Å². The molecular formula is C14H18F2N2O2. The van der Waals surface area contributed by atoms with Gasteiger partial charge in [-0.1, -0.05) is 6.42 Å². The Kier molecular flexibility index (Phi) is 4.54. The molecule has 20 heavy (non-hydrogen) atoms. The molecule has 6 heteroatoms. The largest absolute Gasteiger partial charge is 0.393 e. The van der Waals surface area contributed by atoms with Gasteiger partial charge in [0.2, 0.25) is 0 Å². The Morgan fingerprint density at radius 3 is 2.80 bits per heavy atom. The maximum absolute atomic E-state index is 13.4. The monoisotopic (exact) mass is 284 g/mol. The van der Waals surface area contributed by atoms with Crippen molar-refractivity contribution in [2.75, 3.05) is 18.9 Å². The van der Waals surface area contributed by atoms with Crippen LogP contribution in [0.1, 0.15) is 19.3 Å². The number of halogens is 2. The minimum absolute atomic E-state index is 0.0591. The summed E-state index contributed by atoms with van der Waals surface area (Å²) in [4.78, 5) is 13.3. The Bertz CT molecular complexity index is 496. The molecule has 2 amide bonds. The molecule has 1 aliphatic carbocycles. The van der Waals surface area contributed by atoms with E-state index >= 15 is 0 Å². The van der Waals surface area contributed by atoms with Gasteiger partial charge in [0, 0.05) is 25.6 Å². The second-order valence-electron chi connectivity index (χ2n) is 5.19. The van der Waals surface area contributed by atoms with Crippen molar-refractivity contribution in [2.45, 2.75) is 25.4 Å². The van der Waals surface area contributed by atoms with Crippen LogP contribution < -0.4 is 5.32 Å². The number of anilines is 1. The number of aliphatic hydroxyl groups is 1. The van der Waals surface area contributed by atoms with Gasteiger partial charge in [-0.15, -0.1) is 0 Å². The third-order valence-electron chi connectivity index (χ3n) is 3.65. The molecule has 1 aromatic carbocycles. The molecule has 2 atom stereocenters. The van der Waals surface area contributed by atoms with Crippen LogP contribution in [0.2, 0.25) is 0 Å². The van der Waals surface area contributed by atoms with E-state index in [0.29, 0.717) is 6.54 Å². The van der Waals surface area contributed by atoms with E-state index in [1.165, 1.54) is 11.0 Å². The van der Waals surface area contributed by atoms with Gasteiger partial charge in [0.25, 0.3) is 0 Å². The lowest BCUT2D eigenvalue weighted by Crippen LogP contribution is -2.37. The van der Waals surface area contributed by atoms with Crippen molar-refractivity contribution in [3.8, 4) is 0 Å². The summed E-state index contributed by atoms with van der Waals surface area (Å²) in [5.41, 5.74) is -0.0600. The molecule has 1 saturated carbocycles. The third-order valence-corrected chi connectivity index (χ3v) is 3.65. The first kappa shape index (κ1) is 14.7. The second kappa shape index (κ2) is 6.17. The highest BCUT2D eigenvalue weighted by Crippen LogP contribution is 2.26. The standard InChI is InChI=1S/C14H18F2N2O2/c1-18(8-9-3-2-4-13(9)19)14(20)17-12-6-5-10(15)7-11(12)16/h5-7,9,13,19H,2-4,8H2,1H3,(H,17,20). The first-order valence-electron chi connectivity index (χ1n) is 6.62. The zero-order valence-electron chi connectivity index (χ0n) is 11.3. The summed E-state index contributed by atoms with van der Waals surface area (Å²) in [5, 5.41) is 12.1. The maximum atomic E-state index is 13.4. The predicted octanol–water partition coefficient (Wildman–Crippen LogP) is 2.59. The molecule has 0 aliphatic heterocycles. The molecule has 0 bridgehead atoms. The fourth-order valence-electron chi connectivity index (χ4n) is 2.47. The zero-order chi connectivity index (χ0) is 14.7. The smallest absolute Gasteiger partial charge is 0.321 e. The van der Waals surface area contributed by atoms with E-state index in [-0.39, 0.29) is 17.7 Å². The van der Waals surface area contributed by atoms with Crippen molar-refractivity contribution in [2.24, 2.45) is 5.92 Å². The minimum atomic E-state index is -0.812. The molecule has 110 valence electrons. The van der Waals surface area contributed by atoms with Crippen LogP contribution in [0.4, 0.5) is 19.3 Å². The van der Waals surface area contributed by atoms with Gasteiger partial charge in [-0.05, 0) is 25.0 Å². The number of amides is 2. The average Bonchev–Trinajstić information content (AvgIpc) is 2.78. The van der Waals surface area contributed by atoms with Gasteiger partial charge >= 0.3 is 6.03 Å². The number of nitrogens with zero attached hydrogens (tertiary/aromatic N) is 1. The third kappa shape index (κ3) is 3.45. The molecule has 1 aromatic rings. The lowest BCUT2D eigenvalue weighted by molar-refractivity contribution is 0.116. The number of rotatable bonds is 3. The summed E-state index contributed by atoms with van der Waals surface area (Å²) >= 11 is 0. The number of nitrogens with one attached hydrogen (secondary N) is 1. The lowest BCUT2D eigenvalue weighted by atomic mass is 10.1. The van der Waals surface area contributed by atoms with Crippen LogP contribution in [0.15, 0.2) is 18.2 Å². The van der Waals surface area contributed by atoms with E-state index in [1.54, 1.807) is 7.05 Å². The summed E-state index contributed by atoms with van der Waals surface area (Å²) in [6.45, 7) is 0.413. The molecule has 2 N–H and O–H groups in total. The van der Waals surface area contributed by atoms with E-state index in [9.17, 15) is 18.7 Å². The van der Waals surface area contributed by atoms with Gasteiger partial charge < -0.3 is 15.3 Å². The highest BCUT2D eigenvalue weighted by Gasteiger charge is 2.27. The average molecular weight is 284 g/mol. The van der Waals surface area contributed by atoms with Crippen LogP contribution in [0, 0.1) is 17.6 Å². The number of urea groups is 1. The van der Waals surface area contributed by atoms with Gasteiger partial charge in [-0.3, -0.25) is 0 Å². The lowest BCUT2D eigenvalue weighted by Gasteiger charge is -2.23. The number of hydrogen-bond donors (Lipinski definition) is 2. The Hall–Kier alpha value is -1.69. The minimum Gasteiger partial charge on any atom is -0.393 e. The van der Waals surface area contributed by atoms with Crippen LogP contribution in [0.3, 0.4) is 0 Å². The second-order valence-corrected chi connectivity index (χ2v) is 5.19. The number of hydrogen-bond acceptors (Lipinski definition) is 2. The quantitative estimate of drug-likeness (QED) is 0.896. The van der Waals surface area contributed by atoms with E-state index in [1.807, 2.05) is 0 Å². The van der Waals surface area contributed by atoms with Crippen molar-refractivity contribution in [1.29, 1.82) is 0 Å². The van der Waals surface area contributed by atoms with E-state index < -0.39 is 17.7 Å². The zero-order valence-corrected chi connectivity index (χ0v) is 11.3. The normalized spacial score (nSPS) is 21.8. The molecule has 4 nitrogen and oxygen atoms in total. The predicted molar refractivity (Wildman–Crippen MR) is 71.4 cm³/mol. The molecule has 1 aliphatic rings. The molecule has 0 heterocycles. The fourth-order valence-corrected chi connectivity index (χ4v) is 2.47. The SMILES string of the molecule is CN(CC1CCCC1O)C(=O)Nc1ccc(F)cc1F. The molecule has 1 fully saturated rings. The van der Waals surface area contributed by atoms with E-state index in [0.717, 1.165) is 31.4 Å². The molecule has 2 unspecified atom stereocenters. The Morgan fingerprint density at radius 2 is 2.20 bits per heavy atom. The van der Waals surface area contributed by atoms with Crippen molar-refractivity contribution in [3.63, 3.8) is 0 Å². The van der Waals surface area contributed by atoms with Crippen molar-refractivity contribution in [1.82, 2.24) is 4.90 Å². The van der Waals surface area contributed by atoms with E-state index in [2.05, 4.69) is 5.32 Å². The highest BCUT2D eigenvalue weighted by molar-refractivity contribution is 5.89. The van der Waals surface area contributed by atoms with Crippen LogP contribution in [0.5, 0.6) is 0 Å². The van der Waals surface area contributed by atoms with Gasteiger partial charge in [0.15, 0.2) is 0 Å². The van der Waals surface area contributed by atoms with Crippen molar-refractivity contribution < 1.29 is 18.7 Å². The number of aliphatic hydroxyl groups excluding tert-OH is 1. The fraction of sp³-hybridized carbons (Fsp3) is 0.500. The highest BCUT2D eigenvalue weighted by atomic mass is 19.1. The summed E-state index contributed by atoms with van der Waals surface area (Å²) < 4.78 is 26.2. The number of benzene rings is 1. The maximum Gasteiger partial charge on any atom is 0.321 e. The number of carbonyl (C=O) groups excluding carboxylic acids is 1. The summed E-state index contributed by atoms with van der Waals surface area (Å²) in [6.07, 6.45) is 2.21. The van der Waals surface area contributed by atoms with Crippen molar-refractivity contribution >= 4 is 11.7 Å². The molecule has 0 saturated heterocycles. The summed E-state index contributed by atoms with van der Waals surface area (Å²) in [5.74, 6) is -1.45.